The Morgan fingerprint density at radius 2 is 2.11 bits per heavy atom. The van der Waals surface area contributed by atoms with Crippen molar-refractivity contribution in [2.75, 3.05) is 13.1 Å². The van der Waals surface area contributed by atoms with E-state index in [0.29, 0.717) is 41.0 Å². The molecule has 2 aromatic heterocycles. The van der Waals surface area contributed by atoms with Gasteiger partial charge in [0.05, 0.1) is 29.0 Å². The number of nitrogens with one attached hydrogen (secondary N) is 1. The first-order valence-corrected chi connectivity index (χ1v) is 11.6. The van der Waals surface area contributed by atoms with E-state index in [1.807, 2.05) is 19.1 Å². The quantitative estimate of drug-likeness (QED) is 0.367. The first kappa shape index (κ1) is 23.0. The number of fused-ring (bicyclic) bond motifs is 5. The number of cyclic esters (lactones) is 1. The monoisotopic (exact) mass is 478 g/mol. The highest BCUT2D eigenvalue weighted by Crippen LogP contribution is 2.40. The van der Waals surface area contributed by atoms with Crippen LogP contribution in [-0.4, -0.2) is 39.8 Å². The van der Waals surface area contributed by atoms with Gasteiger partial charge in [-0.05, 0) is 36.6 Å². The van der Waals surface area contributed by atoms with Gasteiger partial charge >= 0.3 is 12.1 Å². The highest BCUT2D eigenvalue weighted by Gasteiger charge is 2.45. The maximum atomic E-state index is 13.4. The molecule has 2 aliphatic heterocycles. The van der Waals surface area contributed by atoms with E-state index in [9.17, 15) is 19.5 Å². The van der Waals surface area contributed by atoms with E-state index in [2.05, 4.69) is 5.32 Å². The third-order valence-corrected chi connectivity index (χ3v) is 6.72. The first-order chi connectivity index (χ1) is 16.8. The molecule has 5 rings (SSSR count). The summed E-state index contributed by atoms with van der Waals surface area (Å²) in [5.41, 5.74) is 7.26. The summed E-state index contributed by atoms with van der Waals surface area (Å²) in [7, 11) is 0. The summed E-state index contributed by atoms with van der Waals surface area (Å²) in [4.78, 5) is 42.8. The molecule has 1 atom stereocenters. The summed E-state index contributed by atoms with van der Waals surface area (Å²) in [5, 5.41) is 14.3. The molecule has 0 aliphatic carbocycles. The Hall–Kier alpha value is -3.76. The normalized spacial score (nSPS) is 18.0. The number of ether oxygens (including phenoxy) is 2. The summed E-state index contributed by atoms with van der Waals surface area (Å²) in [6.07, 6.45) is 0.157. The molecule has 35 heavy (non-hydrogen) atoms. The number of carbonyl (C=O) groups excluding carboxylic acids is 2. The van der Waals surface area contributed by atoms with Crippen molar-refractivity contribution >= 4 is 23.0 Å². The summed E-state index contributed by atoms with van der Waals surface area (Å²) < 4.78 is 12.2. The van der Waals surface area contributed by atoms with Crippen LogP contribution in [0.25, 0.3) is 22.3 Å². The van der Waals surface area contributed by atoms with Crippen LogP contribution >= 0.6 is 0 Å². The van der Waals surface area contributed by atoms with E-state index in [-0.39, 0.29) is 42.8 Å². The lowest BCUT2D eigenvalue weighted by Crippen LogP contribution is -2.44. The molecule has 3 aromatic rings. The van der Waals surface area contributed by atoms with Gasteiger partial charge in [0.1, 0.15) is 12.4 Å². The Balaban J connectivity index is 1.68. The molecule has 1 amide bonds. The number of nitrogens with two attached hydrogens (primary N) is 1. The lowest BCUT2D eigenvalue weighted by Gasteiger charge is -2.31. The van der Waals surface area contributed by atoms with E-state index in [1.54, 1.807) is 23.6 Å². The number of nitrogens with zero attached hydrogens (tertiary/aromatic N) is 2. The SMILES string of the molecule is CCc1ccc(OC(=O)NCCN)c2cc3c(nc12)-c1cc2c(c(=O)n1C3)COC(=O)[C@]2(O)CC. The van der Waals surface area contributed by atoms with Crippen molar-refractivity contribution in [3.63, 3.8) is 0 Å². The molecule has 10 nitrogen and oxygen atoms in total. The van der Waals surface area contributed by atoms with Crippen LogP contribution in [0.2, 0.25) is 0 Å². The number of aryl methyl sites for hydroxylation is 1. The van der Waals surface area contributed by atoms with Crippen LogP contribution in [0.5, 0.6) is 5.75 Å². The second-order valence-corrected chi connectivity index (χ2v) is 8.68. The van der Waals surface area contributed by atoms with Crippen molar-refractivity contribution in [3.05, 3.63) is 56.9 Å². The fraction of sp³-hybridized carbons (Fsp3) is 0.360. The molecule has 10 heteroatoms. The zero-order chi connectivity index (χ0) is 24.9. The summed E-state index contributed by atoms with van der Waals surface area (Å²) in [5.74, 6) is -0.409. The van der Waals surface area contributed by atoms with E-state index < -0.39 is 17.7 Å². The van der Waals surface area contributed by atoms with Crippen molar-refractivity contribution in [1.82, 2.24) is 14.9 Å². The molecule has 1 aromatic carbocycles. The zero-order valence-electron chi connectivity index (χ0n) is 19.5. The van der Waals surface area contributed by atoms with Crippen LogP contribution in [0.1, 0.15) is 42.5 Å². The van der Waals surface area contributed by atoms with Crippen LogP contribution < -0.4 is 21.3 Å². The number of esters is 1. The van der Waals surface area contributed by atoms with Crippen molar-refractivity contribution in [1.29, 1.82) is 0 Å². The van der Waals surface area contributed by atoms with E-state index >= 15 is 0 Å². The van der Waals surface area contributed by atoms with Crippen molar-refractivity contribution < 1.29 is 24.2 Å². The third kappa shape index (κ3) is 3.48. The van der Waals surface area contributed by atoms with Gasteiger partial charge in [-0.3, -0.25) is 4.79 Å². The molecule has 182 valence electrons. The van der Waals surface area contributed by atoms with Gasteiger partial charge in [0.2, 0.25) is 0 Å². The molecule has 0 spiro atoms. The fourth-order valence-corrected chi connectivity index (χ4v) is 4.78. The highest BCUT2D eigenvalue weighted by molar-refractivity contribution is 5.93. The Bertz CT molecular complexity index is 1450. The van der Waals surface area contributed by atoms with E-state index in [1.165, 1.54) is 0 Å². The van der Waals surface area contributed by atoms with Crippen molar-refractivity contribution in [2.24, 2.45) is 5.73 Å². The lowest BCUT2D eigenvalue weighted by atomic mass is 9.86. The number of amides is 1. The molecule has 0 fully saturated rings. The minimum atomic E-state index is -1.88. The summed E-state index contributed by atoms with van der Waals surface area (Å²) >= 11 is 0. The number of aliphatic hydroxyl groups is 1. The van der Waals surface area contributed by atoms with Crippen LogP contribution in [-0.2, 0) is 34.7 Å². The molecule has 4 heterocycles. The van der Waals surface area contributed by atoms with Gasteiger partial charge in [0, 0.05) is 29.6 Å². The molecule has 0 unspecified atom stereocenters. The number of rotatable bonds is 5. The van der Waals surface area contributed by atoms with Gasteiger partial charge in [-0.15, -0.1) is 0 Å². The van der Waals surface area contributed by atoms with Crippen LogP contribution in [0.4, 0.5) is 4.79 Å². The number of hydrogen-bond acceptors (Lipinski definition) is 8. The van der Waals surface area contributed by atoms with Crippen LogP contribution in [0.15, 0.2) is 29.1 Å². The summed E-state index contributed by atoms with van der Waals surface area (Å²) in [6, 6.07) is 7.14. The Kier molecular flexibility index (Phi) is 5.57. The smallest absolute Gasteiger partial charge is 0.412 e. The Morgan fingerprint density at radius 1 is 1.31 bits per heavy atom. The Morgan fingerprint density at radius 3 is 2.83 bits per heavy atom. The summed E-state index contributed by atoms with van der Waals surface area (Å²) in [6.45, 7) is 4.32. The average molecular weight is 479 g/mol. The molecule has 2 aliphatic rings. The number of aromatic nitrogens is 2. The minimum Gasteiger partial charge on any atom is -0.458 e. The van der Waals surface area contributed by atoms with E-state index in [4.69, 9.17) is 20.2 Å². The van der Waals surface area contributed by atoms with Gasteiger partial charge in [0.25, 0.3) is 5.56 Å². The second-order valence-electron chi connectivity index (χ2n) is 8.68. The predicted octanol–water partition coefficient (Wildman–Crippen LogP) is 1.69. The maximum Gasteiger partial charge on any atom is 0.412 e. The molecule has 4 N–H and O–H groups in total. The zero-order valence-corrected chi connectivity index (χ0v) is 19.5. The van der Waals surface area contributed by atoms with E-state index in [0.717, 1.165) is 11.1 Å². The van der Waals surface area contributed by atoms with Gasteiger partial charge in [0.15, 0.2) is 5.60 Å². The van der Waals surface area contributed by atoms with Crippen molar-refractivity contribution in [2.45, 2.75) is 45.4 Å². The molecule has 0 radical (unpaired) electrons. The fourth-order valence-electron chi connectivity index (χ4n) is 4.78. The number of pyridine rings is 2. The standard InChI is InChI=1S/C25H26N4O6/c1-3-13-5-6-19(35-24(32)27-8-7-26)15-9-14-11-29-18(21(14)28-20(13)15)10-17-16(22(29)30)12-34-23(31)25(17,33)4-2/h5-6,9-10,33H,3-4,7-8,11-12,26H2,1-2H3,(H,27,32)/t25-/m0/s1. The number of carbonyl (C=O) groups is 2. The molecule has 0 saturated carbocycles. The third-order valence-electron chi connectivity index (χ3n) is 6.72. The van der Waals surface area contributed by atoms with Gasteiger partial charge in [-0.25, -0.2) is 14.6 Å². The Labute approximate surface area is 200 Å². The molecular formula is C25H26N4O6. The van der Waals surface area contributed by atoms with Crippen LogP contribution in [0, 0.1) is 0 Å². The van der Waals surface area contributed by atoms with Gasteiger partial charge in [-0.2, -0.15) is 0 Å². The second kappa shape index (κ2) is 8.47. The molecular weight excluding hydrogens is 452 g/mol. The largest absolute Gasteiger partial charge is 0.458 e. The maximum absolute atomic E-state index is 13.4. The lowest BCUT2D eigenvalue weighted by molar-refractivity contribution is -0.172. The van der Waals surface area contributed by atoms with Gasteiger partial charge in [-0.1, -0.05) is 19.9 Å². The van der Waals surface area contributed by atoms with Crippen LogP contribution in [0.3, 0.4) is 0 Å². The predicted molar refractivity (Wildman–Crippen MR) is 127 cm³/mol. The average Bonchev–Trinajstić information content (AvgIpc) is 3.22. The minimum absolute atomic E-state index is 0.0760. The number of hydrogen-bond donors (Lipinski definition) is 3. The topological polar surface area (TPSA) is 146 Å². The van der Waals surface area contributed by atoms with Crippen molar-refractivity contribution in [3.8, 4) is 17.1 Å². The first-order valence-electron chi connectivity index (χ1n) is 11.6. The highest BCUT2D eigenvalue weighted by atomic mass is 16.6. The molecule has 0 bridgehead atoms. The number of benzene rings is 1. The van der Waals surface area contributed by atoms with Gasteiger partial charge < -0.3 is 30.2 Å². The molecule has 0 saturated heterocycles.